The number of likely N-dealkylation sites (tertiary alicyclic amines) is 1. The van der Waals surface area contributed by atoms with Gasteiger partial charge in [0.2, 0.25) is 0 Å². The summed E-state index contributed by atoms with van der Waals surface area (Å²) >= 11 is 1.08. The average molecular weight is 555 g/mol. The van der Waals surface area contributed by atoms with Crippen molar-refractivity contribution in [2.24, 2.45) is 16.1 Å². The number of hydrogen-bond acceptors (Lipinski definition) is 6. The van der Waals surface area contributed by atoms with Crippen LogP contribution in [-0.2, 0) is 10.4 Å². The maximum Gasteiger partial charge on any atom is 0.338 e. The number of nitrogen functional groups attached to an aromatic ring is 1. The fraction of sp³-hybridized carbons (Fsp3) is 0.545. The van der Waals surface area contributed by atoms with Gasteiger partial charge in [-0.25, -0.2) is 15.0 Å². The molecule has 1 spiro atoms. The van der Waals surface area contributed by atoms with E-state index in [1.807, 2.05) is 6.92 Å². The topological polar surface area (TPSA) is 106 Å². The van der Waals surface area contributed by atoms with Gasteiger partial charge in [0.15, 0.2) is 11.6 Å². The quantitative estimate of drug-likeness (QED) is 0.254. The van der Waals surface area contributed by atoms with Crippen molar-refractivity contribution in [3.8, 4) is 0 Å². The van der Waals surface area contributed by atoms with E-state index in [-0.39, 0.29) is 23.3 Å². The van der Waals surface area contributed by atoms with Crippen LogP contribution in [0, 0.1) is 5.41 Å². The van der Waals surface area contributed by atoms with Gasteiger partial charge in [0.25, 0.3) is 0 Å². The fourth-order valence-electron chi connectivity index (χ4n) is 4.92. The van der Waals surface area contributed by atoms with Gasteiger partial charge in [-0.2, -0.15) is 8.78 Å². The molecule has 2 aromatic rings. The van der Waals surface area contributed by atoms with Crippen molar-refractivity contribution in [2.45, 2.75) is 55.4 Å². The first-order chi connectivity index (χ1) is 15.2. The molecule has 1 aliphatic heterocycles. The van der Waals surface area contributed by atoms with Gasteiger partial charge in [0.1, 0.15) is 11.5 Å². The summed E-state index contributed by atoms with van der Waals surface area (Å²) in [6, 6.07) is 3.55. The minimum absolute atomic E-state index is 0.163. The first kappa shape index (κ1) is 23.2. The molecule has 2 aliphatic rings. The summed E-state index contributed by atoms with van der Waals surface area (Å²) in [6.07, 6.45) is 8.79. The number of piperidine rings is 1. The van der Waals surface area contributed by atoms with Crippen LogP contribution in [0.2, 0.25) is 0 Å². The Bertz CT molecular complexity index is 1000. The third-order valence-corrected chi connectivity index (χ3v) is 7.33. The zero-order valence-electron chi connectivity index (χ0n) is 18.1. The predicted octanol–water partition coefficient (Wildman–Crippen LogP) is 4.17. The maximum absolute atomic E-state index is 13.8. The van der Waals surface area contributed by atoms with Crippen molar-refractivity contribution >= 4 is 40.1 Å². The van der Waals surface area contributed by atoms with Crippen LogP contribution in [0.3, 0.4) is 0 Å². The Morgan fingerprint density at radius 2 is 2.06 bits per heavy atom. The molecule has 1 atom stereocenters. The van der Waals surface area contributed by atoms with Crippen molar-refractivity contribution < 1.29 is 8.78 Å². The summed E-state index contributed by atoms with van der Waals surface area (Å²) in [4.78, 5) is 19.4. The first-order valence-corrected chi connectivity index (χ1v) is 11.9. The molecule has 10 heteroatoms. The zero-order valence-corrected chi connectivity index (χ0v) is 20.2. The number of amidine groups is 1. The number of halogens is 3. The highest BCUT2D eigenvalue weighted by molar-refractivity contribution is 14.1. The van der Waals surface area contributed by atoms with Crippen molar-refractivity contribution in [1.29, 1.82) is 0 Å². The zero-order chi connectivity index (χ0) is 22.9. The number of aromatic nitrogens is 3. The van der Waals surface area contributed by atoms with Crippen LogP contribution in [0.15, 0.2) is 29.5 Å². The van der Waals surface area contributed by atoms with Gasteiger partial charge in [0, 0.05) is 54.3 Å². The molecule has 2 aromatic heterocycles. The molecule has 2 fully saturated rings. The molecule has 7 nitrogen and oxygen atoms in total. The monoisotopic (exact) mass is 555 g/mol. The van der Waals surface area contributed by atoms with Crippen molar-refractivity contribution in [3.05, 3.63) is 41.5 Å². The number of rotatable bonds is 4. The van der Waals surface area contributed by atoms with Crippen LogP contribution in [0.1, 0.15) is 56.0 Å². The normalized spacial score (nSPS) is 21.3. The number of nitrogens with two attached hydrogens (primary N) is 2. The second kappa shape index (κ2) is 9.12. The van der Waals surface area contributed by atoms with Gasteiger partial charge >= 0.3 is 3.93 Å². The van der Waals surface area contributed by atoms with E-state index >= 15 is 0 Å². The molecule has 0 amide bonds. The number of hydrogen-bond donors (Lipinski definition) is 2. The standard InChI is InChI=1S/C22H28F2IN7/c1-14(32-10-7-21(8-11-32)6-2-5-17(21)26)30-20-19(27)31-16(13-29-20)12-15-4-3-9-28-18(15)22(23,24)25/h3-4,9,13,17H,2,5-8,10-12,26H2,1H3,(H2,27,31)/b30-14+/t17-/m1/s1. The van der Waals surface area contributed by atoms with Crippen LogP contribution < -0.4 is 11.5 Å². The van der Waals surface area contributed by atoms with E-state index in [9.17, 15) is 8.78 Å². The summed E-state index contributed by atoms with van der Waals surface area (Å²) in [5.74, 6) is 1.37. The highest BCUT2D eigenvalue weighted by atomic mass is 127. The number of anilines is 1. The van der Waals surface area contributed by atoms with Crippen molar-refractivity contribution in [1.82, 2.24) is 19.9 Å². The number of alkyl halides is 3. The summed E-state index contributed by atoms with van der Waals surface area (Å²) in [6.45, 7) is 3.79. The largest absolute Gasteiger partial charge is 0.381 e. The molecule has 172 valence electrons. The van der Waals surface area contributed by atoms with Gasteiger partial charge in [-0.05, 0) is 49.7 Å². The highest BCUT2D eigenvalue weighted by Gasteiger charge is 2.43. The minimum atomic E-state index is -3.07. The predicted molar refractivity (Wildman–Crippen MR) is 129 cm³/mol. The molecule has 0 radical (unpaired) electrons. The van der Waals surface area contributed by atoms with Gasteiger partial charge in [-0.1, -0.05) is 12.5 Å². The lowest BCUT2D eigenvalue weighted by molar-refractivity contribution is 0.121. The molecule has 1 saturated heterocycles. The van der Waals surface area contributed by atoms with E-state index in [4.69, 9.17) is 11.5 Å². The molecular weight excluding hydrogens is 527 g/mol. The lowest BCUT2D eigenvalue weighted by atomic mass is 9.74. The third kappa shape index (κ3) is 4.85. The van der Waals surface area contributed by atoms with Crippen LogP contribution in [0.4, 0.5) is 20.4 Å². The molecule has 4 N–H and O–H groups in total. The lowest BCUT2D eigenvalue weighted by Crippen LogP contribution is -2.48. The Morgan fingerprint density at radius 3 is 2.69 bits per heavy atom. The second-order valence-corrected chi connectivity index (χ2v) is 10.1. The molecule has 0 aromatic carbocycles. The summed E-state index contributed by atoms with van der Waals surface area (Å²) < 4.78 is 24.6. The van der Waals surface area contributed by atoms with Gasteiger partial charge < -0.3 is 16.4 Å². The van der Waals surface area contributed by atoms with Crippen molar-refractivity contribution in [2.75, 3.05) is 18.8 Å². The van der Waals surface area contributed by atoms with Crippen LogP contribution in [-0.4, -0.2) is 44.8 Å². The molecule has 0 unspecified atom stereocenters. The SMILES string of the molecule is C/C(=N\c1ncc(Cc2cccnc2C(F)(F)I)nc1N)N1CCC2(CCC[C@H]2N)CC1. The molecule has 0 bridgehead atoms. The Balaban J connectivity index is 1.46. The lowest BCUT2D eigenvalue weighted by Gasteiger charge is -2.42. The maximum atomic E-state index is 13.8. The van der Waals surface area contributed by atoms with Crippen LogP contribution >= 0.6 is 22.6 Å². The molecular formula is C22H28F2IN7. The van der Waals surface area contributed by atoms with Gasteiger partial charge in [-0.15, -0.1) is 0 Å². The fourth-order valence-corrected chi connectivity index (χ4v) is 5.41. The van der Waals surface area contributed by atoms with Gasteiger partial charge in [-0.3, -0.25) is 4.98 Å². The summed E-state index contributed by atoms with van der Waals surface area (Å²) in [7, 11) is 0. The van der Waals surface area contributed by atoms with E-state index in [2.05, 4.69) is 24.8 Å². The Hall–Kier alpha value is -1.95. The summed E-state index contributed by atoms with van der Waals surface area (Å²) in [5.41, 5.74) is 13.4. The van der Waals surface area contributed by atoms with Gasteiger partial charge in [0.05, 0.1) is 11.9 Å². The Labute approximate surface area is 200 Å². The van der Waals surface area contributed by atoms with E-state index in [1.54, 1.807) is 12.1 Å². The van der Waals surface area contributed by atoms with Crippen LogP contribution in [0.5, 0.6) is 0 Å². The summed E-state index contributed by atoms with van der Waals surface area (Å²) in [5, 5.41) is 0. The van der Waals surface area contributed by atoms with Crippen LogP contribution in [0.25, 0.3) is 0 Å². The highest BCUT2D eigenvalue weighted by Crippen LogP contribution is 2.45. The van der Waals surface area contributed by atoms with Crippen molar-refractivity contribution in [3.63, 3.8) is 0 Å². The van der Waals surface area contributed by atoms with E-state index in [1.165, 1.54) is 25.2 Å². The Morgan fingerprint density at radius 1 is 1.31 bits per heavy atom. The molecule has 1 saturated carbocycles. The number of nitrogens with zero attached hydrogens (tertiary/aromatic N) is 5. The third-order valence-electron chi connectivity index (χ3n) is 6.82. The second-order valence-electron chi connectivity index (χ2n) is 8.76. The van der Waals surface area contributed by atoms with E-state index < -0.39 is 3.93 Å². The minimum Gasteiger partial charge on any atom is -0.381 e. The molecule has 3 heterocycles. The first-order valence-electron chi connectivity index (χ1n) is 10.9. The Kier molecular flexibility index (Phi) is 6.62. The molecule has 4 rings (SSSR count). The number of pyridine rings is 1. The molecule has 1 aliphatic carbocycles. The van der Waals surface area contributed by atoms with E-state index in [0.717, 1.165) is 60.8 Å². The number of aliphatic imine (C=N–C) groups is 1. The van der Waals surface area contributed by atoms with E-state index in [0.29, 0.717) is 23.1 Å². The smallest absolute Gasteiger partial charge is 0.338 e. The average Bonchev–Trinajstić information content (AvgIpc) is 3.09. The molecule has 32 heavy (non-hydrogen) atoms.